The average molecular weight is 258 g/mol. The molecule has 1 rings (SSSR count). The van der Waals surface area contributed by atoms with Crippen molar-refractivity contribution in [3.63, 3.8) is 0 Å². The zero-order valence-electron chi connectivity index (χ0n) is 10.7. The highest BCUT2D eigenvalue weighted by Crippen LogP contribution is 2.24. The lowest BCUT2D eigenvalue weighted by atomic mass is 10.2. The Labute approximate surface area is 107 Å². The molecule has 0 saturated carbocycles. The van der Waals surface area contributed by atoms with Gasteiger partial charge in [0.25, 0.3) is 0 Å². The maximum absolute atomic E-state index is 4.46. The summed E-state index contributed by atoms with van der Waals surface area (Å²) in [5.41, 5.74) is 1.19. The normalized spacial score (nSPS) is 13.0. The molecule has 0 amide bonds. The molecule has 92 valence electrons. The van der Waals surface area contributed by atoms with Crippen molar-refractivity contribution >= 4 is 23.1 Å². The summed E-state index contributed by atoms with van der Waals surface area (Å²) in [6.45, 7) is 9.72. The first-order chi connectivity index (χ1) is 7.65. The molecule has 1 atom stereocenters. The van der Waals surface area contributed by atoms with Crippen molar-refractivity contribution in [3.8, 4) is 0 Å². The quantitative estimate of drug-likeness (QED) is 0.757. The molecule has 0 radical (unpaired) electrons. The lowest BCUT2D eigenvalue weighted by molar-refractivity contribution is 0.577. The summed E-state index contributed by atoms with van der Waals surface area (Å²) >= 11 is 3.83. The van der Waals surface area contributed by atoms with Crippen LogP contribution in [0.5, 0.6) is 0 Å². The minimum absolute atomic E-state index is 0.442. The molecule has 4 heteroatoms. The monoisotopic (exact) mass is 258 g/mol. The molecule has 1 heterocycles. The van der Waals surface area contributed by atoms with E-state index in [9.17, 15) is 0 Å². The number of rotatable bonds is 7. The molecule has 1 aromatic heterocycles. The highest BCUT2D eigenvalue weighted by atomic mass is 32.2. The van der Waals surface area contributed by atoms with Crippen LogP contribution in [0.4, 0.5) is 0 Å². The van der Waals surface area contributed by atoms with E-state index in [1.807, 2.05) is 23.1 Å². The average Bonchev–Trinajstić information content (AvgIpc) is 2.57. The zero-order chi connectivity index (χ0) is 12.0. The number of thioether (sulfide) groups is 1. The van der Waals surface area contributed by atoms with Gasteiger partial charge in [-0.3, -0.25) is 0 Å². The van der Waals surface area contributed by atoms with Crippen molar-refractivity contribution in [2.75, 3.05) is 18.1 Å². The van der Waals surface area contributed by atoms with Crippen molar-refractivity contribution in [3.05, 3.63) is 15.6 Å². The van der Waals surface area contributed by atoms with Gasteiger partial charge in [-0.15, -0.1) is 11.3 Å². The predicted molar refractivity (Wildman–Crippen MR) is 75.6 cm³/mol. The van der Waals surface area contributed by atoms with E-state index in [1.165, 1.54) is 33.5 Å². The van der Waals surface area contributed by atoms with Gasteiger partial charge in [-0.1, -0.05) is 6.92 Å². The van der Waals surface area contributed by atoms with Gasteiger partial charge in [-0.25, -0.2) is 4.98 Å². The Morgan fingerprint density at radius 1 is 1.44 bits per heavy atom. The number of thiazole rings is 1. The molecule has 0 aliphatic heterocycles. The highest BCUT2D eigenvalue weighted by Gasteiger charge is 2.11. The number of aromatic nitrogens is 1. The minimum Gasteiger partial charge on any atom is -0.309 e. The molecular weight excluding hydrogens is 236 g/mol. The second-order valence-electron chi connectivity index (χ2n) is 3.91. The SMILES string of the molecule is CCSCCCNC(C)c1sc(C)nc1C. The van der Waals surface area contributed by atoms with E-state index < -0.39 is 0 Å². The lowest BCUT2D eigenvalue weighted by Gasteiger charge is -2.12. The second kappa shape index (κ2) is 7.30. The van der Waals surface area contributed by atoms with Gasteiger partial charge in [0, 0.05) is 10.9 Å². The molecular formula is C12H22N2S2. The van der Waals surface area contributed by atoms with E-state index in [4.69, 9.17) is 0 Å². The van der Waals surface area contributed by atoms with Gasteiger partial charge >= 0.3 is 0 Å². The van der Waals surface area contributed by atoms with Gasteiger partial charge < -0.3 is 5.32 Å². The smallest absolute Gasteiger partial charge is 0.0900 e. The molecule has 0 fully saturated rings. The summed E-state index contributed by atoms with van der Waals surface area (Å²) in [5, 5.41) is 4.74. The number of aryl methyl sites for hydroxylation is 2. The second-order valence-corrected chi connectivity index (χ2v) is 6.54. The van der Waals surface area contributed by atoms with E-state index in [0.717, 1.165) is 6.54 Å². The van der Waals surface area contributed by atoms with Crippen LogP contribution >= 0.6 is 23.1 Å². The van der Waals surface area contributed by atoms with Gasteiger partial charge in [-0.05, 0) is 45.2 Å². The summed E-state index contributed by atoms with van der Waals surface area (Å²) in [6, 6.07) is 0.442. The van der Waals surface area contributed by atoms with E-state index in [-0.39, 0.29) is 0 Å². The van der Waals surface area contributed by atoms with Gasteiger partial charge in [0.2, 0.25) is 0 Å². The van der Waals surface area contributed by atoms with E-state index in [1.54, 1.807) is 0 Å². The van der Waals surface area contributed by atoms with Crippen molar-refractivity contribution < 1.29 is 0 Å². The van der Waals surface area contributed by atoms with Crippen LogP contribution in [-0.4, -0.2) is 23.0 Å². The molecule has 0 spiro atoms. The fourth-order valence-electron chi connectivity index (χ4n) is 1.68. The van der Waals surface area contributed by atoms with Crippen LogP contribution in [-0.2, 0) is 0 Å². The molecule has 16 heavy (non-hydrogen) atoms. The Morgan fingerprint density at radius 2 is 2.19 bits per heavy atom. The first kappa shape index (κ1) is 14.0. The van der Waals surface area contributed by atoms with Gasteiger partial charge in [0.1, 0.15) is 0 Å². The molecule has 0 aliphatic carbocycles. The number of hydrogen-bond acceptors (Lipinski definition) is 4. The minimum atomic E-state index is 0.442. The Kier molecular flexibility index (Phi) is 6.39. The van der Waals surface area contributed by atoms with Crippen LogP contribution in [0, 0.1) is 13.8 Å². The summed E-state index contributed by atoms with van der Waals surface area (Å²) < 4.78 is 0. The number of nitrogens with one attached hydrogen (secondary N) is 1. The lowest BCUT2D eigenvalue weighted by Crippen LogP contribution is -2.20. The standard InChI is InChI=1S/C12H22N2S2/c1-5-15-8-6-7-13-9(2)12-10(3)14-11(4)16-12/h9,13H,5-8H2,1-4H3. The summed E-state index contributed by atoms with van der Waals surface area (Å²) in [5.74, 6) is 2.49. The van der Waals surface area contributed by atoms with Crippen LogP contribution in [0.3, 0.4) is 0 Å². The highest BCUT2D eigenvalue weighted by molar-refractivity contribution is 7.99. The van der Waals surface area contributed by atoms with Crippen LogP contribution in [0.25, 0.3) is 0 Å². The van der Waals surface area contributed by atoms with Crippen molar-refractivity contribution in [2.24, 2.45) is 0 Å². The first-order valence-electron chi connectivity index (χ1n) is 5.90. The Hall–Kier alpha value is -0.0600. The maximum atomic E-state index is 4.46. The van der Waals surface area contributed by atoms with Crippen molar-refractivity contribution in [1.29, 1.82) is 0 Å². The molecule has 1 N–H and O–H groups in total. The molecule has 1 aromatic rings. The largest absolute Gasteiger partial charge is 0.309 e. The first-order valence-corrected chi connectivity index (χ1v) is 7.87. The van der Waals surface area contributed by atoms with Crippen LogP contribution in [0.15, 0.2) is 0 Å². The van der Waals surface area contributed by atoms with Gasteiger partial charge in [0.05, 0.1) is 10.7 Å². The fourth-order valence-corrected chi connectivity index (χ4v) is 3.27. The molecule has 2 nitrogen and oxygen atoms in total. The maximum Gasteiger partial charge on any atom is 0.0900 e. The molecule has 0 aliphatic rings. The van der Waals surface area contributed by atoms with E-state index in [2.05, 4.69) is 38.0 Å². The van der Waals surface area contributed by atoms with Gasteiger partial charge in [-0.2, -0.15) is 11.8 Å². The third kappa shape index (κ3) is 4.44. The third-order valence-corrected chi connectivity index (χ3v) is 4.69. The van der Waals surface area contributed by atoms with Gasteiger partial charge in [0.15, 0.2) is 0 Å². The molecule has 0 bridgehead atoms. The topological polar surface area (TPSA) is 24.9 Å². The molecule has 0 saturated heterocycles. The van der Waals surface area contributed by atoms with Crippen LogP contribution in [0.1, 0.15) is 41.9 Å². The van der Waals surface area contributed by atoms with E-state index in [0.29, 0.717) is 6.04 Å². The van der Waals surface area contributed by atoms with Crippen LogP contribution < -0.4 is 5.32 Å². The van der Waals surface area contributed by atoms with Crippen molar-refractivity contribution in [2.45, 2.75) is 40.2 Å². The number of nitrogens with zero attached hydrogens (tertiary/aromatic N) is 1. The zero-order valence-corrected chi connectivity index (χ0v) is 12.3. The Bertz CT molecular complexity index is 310. The fraction of sp³-hybridized carbons (Fsp3) is 0.750. The number of hydrogen-bond donors (Lipinski definition) is 1. The van der Waals surface area contributed by atoms with Crippen molar-refractivity contribution in [1.82, 2.24) is 10.3 Å². The molecule has 1 unspecified atom stereocenters. The summed E-state index contributed by atoms with van der Waals surface area (Å²) in [7, 11) is 0. The Morgan fingerprint density at radius 3 is 2.75 bits per heavy atom. The molecule has 0 aromatic carbocycles. The van der Waals surface area contributed by atoms with Crippen LogP contribution in [0.2, 0.25) is 0 Å². The summed E-state index contributed by atoms with van der Waals surface area (Å²) in [4.78, 5) is 5.85. The third-order valence-electron chi connectivity index (χ3n) is 2.45. The predicted octanol–water partition coefficient (Wildman–Crippen LogP) is 3.55. The van der Waals surface area contributed by atoms with E-state index >= 15 is 0 Å². The Balaban J connectivity index is 2.29. The summed E-state index contributed by atoms with van der Waals surface area (Å²) in [6.07, 6.45) is 1.25.